The van der Waals surface area contributed by atoms with Crippen LogP contribution in [-0.4, -0.2) is 46.3 Å². The Labute approximate surface area is 179 Å². The molecule has 3 N–H and O–H groups in total. The average molecular weight is 434 g/mol. The third kappa shape index (κ3) is 6.86. The maximum atomic E-state index is 12.1. The molecule has 0 radical (unpaired) electrons. The van der Waals surface area contributed by atoms with Crippen molar-refractivity contribution < 1.29 is 29.3 Å². The number of aliphatic carboxylic acids is 1. The van der Waals surface area contributed by atoms with Gasteiger partial charge in [-0.2, -0.15) is 0 Å². The van der Waals surface area contributed by atoms with Crippen molar-refractivity contribution in [3.05, 3.63) is 59.1 Å². The molecule has 0 fully saturated rings. The number of hydrogen-bond acceptors (Lipinski definition) is 5. The van der Waals surface area contributed by atoms with E-state index in [-0.39, 0.29) is 12.8 Å². The highest BCUT2D eigenvalue weighted by Crippen LogP contribution is 2.29. The first-order valence-electron chi connectivity index (χ1n) is 9.43. The van der Waals surface area contributed by atoms with Crippen molar-refractivity contribution in [2.24, 2.45) is 0 Å². The summed E-state index contributed by atoms with van der Waals surface area (Å²) in [7, 11) is 0. The van der Waals surface area contributed by atoms with E-state index in [0.29, 0.717) is 10.6 Å². The van der Waals surface area contributed by atoms with Crippen LogP contribution >= 0.6 is 11.6 Å². The predicted molar refractivity (Wildman–Crippen MR) is 112 cm³/mol. The summed E-state index contributed by atoms with van der Waals surface area (Å²) in [6, 6.07) is 14.1. The van der Waals surface area contributed by atoms with Crippen LogP contribution in [0.4, 0.5) is 0 Å². The summed E-state index contributed by atoms with van der Waals surface area (Å²) < 4.78 is 4.85. The maximum absolute atomic E-state index is 12.1. The number of amides is 1. The number of benzene rings is 2. The van der Waals surface area contributed by atoms with Crippen molar-refractivity contribution >= 4 is 29.4 Å². The Morgan fingerprint density at radius 2 is 1.77 bits per heavy atom. The summed E-state index contributed by atoms with van der Waals surface area (Å²) in [5.41, 5.74) is 2.48. The highest BCUT2D eigenvalue weighted by Gasteiger charge is 2.25. The predicted octanol–water partition coefficient (Wildman–Crippen LogP) is 2.82. The van der Waals surface area contributed by atoms with Crippen molar-refractivity contribution in [2.75, 3.05) is 0 Å². The molecular weight excluding hydrogens is 410 g/mol. The third-order valence-electron chi connectivity index (χ3n) is 4.26. The van der Waals surface area contributed by atoms with Gasteiger partial charge in [0.2, 0.25) is 0 Å². The number of hydrogen-bond donors (Lipinski definition) is 3. The highest BCUT2D eigenvalue weighted by atomic mass is 35.5. The number of halogens is 1. The number of carboxylic acid groups (broad SMARTS) is 1. The Kier molecular flexibility index (Phi) is 8.38. The number of aliphatic hydroxyl groups excluding tert-OH is 1. The Morgan fingerprint density at radius 1 is 1.10 bits per heavy atom. The van der Waals surface area contributed by atoms with E-state index in [4.69, 9.17) is 21.4 Å². The molecule has 30 heavy (non-hydrogen) atoms. The van der Waals surface area contributed by atoms with E-state index in [1.165, 1.54) is 0 Å². The molecule has 160 valence electrons. The van der Waals surface area contributed by atoms with E-state index in [2.05, 4.69) is 5.32 Å². The molecule has 0 heterocycles. The fourth-order valence-electron chi connectivity index (χ4n) is 2.90. The first kappa shape index (κ1) is 23.4. The minimum absolute atomic E-state index is 0.166. The molecule has 0 aliphatic rings. The van der Waals surface area contributed by atoms with Gasteiger partial charge in [0.1, 0.15) is 0 Å². The number of carbonyl (C=O) groups excluding carboxylic acids is 2. The number of aliphatic hydroxyl groups is 1. The van der Waals surface area contributed by atoms with Crippen LogP contribution in [0.1, 0.15) is 25.8 Å². The second kappa shape index (κ2) is 10.8. The van der Waals surface area contributed by atoms with Crippen molar-refractivity contribution in [3.63, 3.8) is 0 Å². The first-order chi connectivity index (χ1) is 14.2. The lowest BCUT2D eigenvalue weighted by molar-refractivity contribution is -0.158. The Balaban J connectivity index is 2.18. The lowest BCUT2D eigenvalue weighted by Crippen LogP contribution is -2.44. The lowest BCUT2D eigenvalue weighted by Gasteiger charge is -2.20. The second-order valence-corrected chi connectivity index (χ2v) is 7.51. The molecule has 2 aromatic rings. The van der Waals surface area contributed by atoms with E-state index < -0.39 is 36.1 Å². The molecule has 0 saturated heterocycles. The quantitative estimate of drug-likeness (QED) is 0.436. The van der Waals surface area contributed by atoms with Gasteiger partial charge in [-0.05, 0) is 37.5 Å². The second-order valence-electron chi connectivity index (χ2n) is 7.10. The van der Waals surface area contributed by atoms with E-state index in [9.17, 15) is 19.5 Å². The SMILES string of the molecule is CC(C)OC(=O)C(=O)N[C@H](Cc1ccc(-c2ccccc2)c(Cl)c1)C[C@@H](O)C(=O)O. The zero-order valence-electron chi connectivity index (χ0n) is 16.7. The van der Waals surface area contributed by atoms with Crippen LogP contribution in [0.5, 0.6) is 0 Å². The van der Waals surface area contributed by atoms with Crippen LogP contribution < -0.4 is 5.32 Å². The normalized spacial score (nSPS) is 12.8. The number of rotatable bonds is 8. The van der Waals surface area contributed by atoms with Gasteiger partial charge in [0, 0.05) is 23.0 Å². The van der Waals surface area contributed by atoms with Crippen LogP contribution in [0.2, 0.25) is 5.02 Å². The first-order valence-corrected chi connectivity index (χ1v) is 9.81. The minimum atomic E-state index is -1.70. The summed E-state index contributed by atoms with van der Waals surface area (Å²) >= 11 is 6.41. The molecule has 8 heteroatoms. The Morgan fingerprint density at radius 3 is 2.33 bits per heavy atom. The monoisotopic (exact) mass is 433 g/mol. The third-order valence-corrected chi connectivity index (χ3v) is 4.57. The van der Waals surface area contributed by atoms with Gasteiger partial charge in [-0.1, -0.05) is 54.1 Å². The molecule has 0 bridgehead atoms. The van der Waals surface area contributed by atoms with Crippen LogP contribution in [0.3, 0.4) is 0 Å². The topological polar surface area (TPSA) is 113 Å². The van der Waals surface area contributed by atoms with E-state index in [1.54, 1.807) is 26.0 Å². The largest absolute Gasteiger partial charge is 0.479 e. The van der Waals surface area contributed by atoms with Gasteiger partial charge in [-0.15, -0.1) is 0 Å². The lowest BCUT2D eigenvalue weighted by atomic mass is 9.97. The highest BCUT2D eigenvalue weighted by molar-refractivity contribution is 6.33. The van der Waals surface area contributed by atoms with Gasteiger partial charge in [0.05, 0.1) is 6.10 Å². The van der Waals surface area contributed by atoms with Crippen LogP contribution in [0.15, 0.2) is 48.5 Å². The summed E-state index contributed by atoms with van der Waals surface area (Å²) in [6.45, 7) is 3.21. The van der Waals surface area contributed by atoms with E-state index in [1.807, 2.05) is 36.4 Å². The smallest absolute Gasteiger partial charge is 0.397 e. The molecule has 2 atom stereocenters. The Hall–Kier alpha value is -2.90. The molecule has 0 unspecified atom stereocenters. The van der Waals surface area contributed by atoms with E-state index in [0.717, 1.165) is 11.1 Å². The number of nitrogens with one attached hydrogen (secondary N) is 1. The summed E-state index contributed by atoms with van der Waals surface area (Å²) in [4.78, 5) is 34.9. The number of esters is 1. The molecule has 1 amide bonds. The van der Waals surface area contributed by atoms with Crippen molar-refractivity contribution in [1.29, 1.82) is 0 Å². The van der Waals surface area contributed by atoms with Crippen molar-refractivity contribution in [2.45, 2.75) is 44.9 Å². The van der Waals surface area contributed by atoms with Gasteiger partial charge in [0.15, 0.2) is 6.10 Å². The van der Waals surface area contributed by atoms with Crippen LogP contribution in [-0.2, 0) is 25.5 Å². The molecule has 0 spiro atoms. The molecule has 0 aliphatic carbocycles. The fourth-order valence-corrected chi connectivity index (χ4v) is 3.21. The average Bonchev–Trinajstić information content (AvgIpc) is 2.68. The van der Waals surface area contributed by atoms with Gasteiger partial charge in [0.25, 0.3) is 0 Å². The maximum Gasteiger partial charge on any atom is 0.397 e. The van der Waals surface area contributed by atoms with E-state index >= 15 is 0 Å². The molecule has 7 nitrogen and oxygen atoms in total. The summed E-state index contributed by atoms with van der Waals surface area (Å²) in [6.07, 6.45) is -2.29. The molecule has 0 aromatic heterocycles. The van der Waals surface area contributed by atoms with Crippen molar-refractivity contribution in [3.8, 4) is 11.1 Å². The van der Waals surface area contributed by atoms with Gasteiger partial charge in [-0.25, -0.2) is 9.59 Å². The zero-order chi connectivity index (χ0) is 22.3. The fraction of sp³-hybridized carbons (Fsp3) is 0.318. The standard InChI is InChI=1S/C22H24ClNO6/c1-13(2)30-22(29)20(26)24-16(12-19(25)21(27)28)10-14-8-9-17(18(23)11-14)15-6-4-3-5-7-15/h3-9,11,13,16,19,25H,10,12H2,1-2H3,(H,24,26)(H,27,28)/t16-,19-/m1/s1. The van der Waals surface area contributed by atoms with Crippen LogP contribution in [0.25, 0.3) is 11.1 Å². The number of ether oxygens (including phenoxy) is 1. The molecular formula is C22H24ClNO6. The van der Waals surface area contributed by atoms with Gasteiger partial charge >= 0.3 is 17.8 Å². The van der Waals surface area contributed by atoms with Crippen molar-refractivity contribution in [1.82, 2.24) is 5.32 Å². The summed E-state index contributed by atoms with van der Waals surface area (Å²) in [5.74, 6) is -3.49. The number of carboxylic acids is 1. The number of carbonyl (C=O) groups is 3. The Bertz CT molecular complexity index is 900. The van der Waals surface area contributed by atoms with Gasteiger partial charge < -0.3 is 20.3 Å². The van der Waals surface area contributed by atoms with Gasteiger partial charge in [-0.3, -0.25) is 4.79 Å². The molecule has 0 aliphatic heterocycles. The summed E-state index contributed by atoms with van der Waals surface area (Å²) in [5, 5.41) is 21.6. The zero-order valence-corrected chi connectivity index (χ0v) is 17.4. The molecule has 2 aromatic carbocycles. The van der Waals surface area contributed by atoms with Crippen LogP contribution in [0, 0.1) is 0 Å². The molecule has 0 saturated carbocycles. The molecule has 2 rings (SSSR count). The minimum Gasteiger partial charge on any atom is -0.479 e.